The maximum atomic E-state index is 13.7. The van der Waals surface area contributed by atoms with E-state index in [1.807, 2.05) is 0 Å². The molecule has 0 atom stereocenters. The number of sulfone groups is 1. The van der Waals surface area contributed by atoms with Gasteiger partial charge in [0.1, 0.15) is 5.82 Å². The second-order valence-corrected chi connectivity index (χ2v) is 7.25. The summed E-state index contributed by atoms with van der Waals surface area (Å²) in [7, 11) is -3.55. The molecule has 0 spiro atoms. The Labute approximate surface area is 130 Å². The second kappa shape index (κ2) is 5.95. The molecule has 1 N–H and O–H groups in total. The van der Waals surface area contributed by atoms with Crippen molar-refractivity contribution >= 4 is 37.4 Å². The van der Waals surface area contributed by atoms with Crippen molar-refractivity contribution in [1.29, 1.82) is 0 Å². The van der Waals surface area contributed by atoms with E-state index in [-0.39, 0.29) is 16.1 Å². The topological polar surface area (TPSA) is 63.2 Å². The molecule has 7 heteroatoms. The molecule has 2 aromatic rings. The molecule has 2 aromatic carbocycles. The van der Waals surface area contributed by atoms with Gasteiger partial charge in [0.15, 0.2) is 9.84 Å². The quantitative estimate of drug-likeness (QED) is 0.900. The summed E-state index contributed by atoms with van der Waals surface area (Å²) in [5.41, 5.74) is -0.0474. The predicted octanol–water partition coefficient (Wildman–Crippen LogP) is 3.24. The van der Waals surface area contributed by atoms with Crippen LogP contribution in [0.15, 0.2) is 51.8 Å². The first kappa shape index (κ1) is 15.7. The normalized spacial score (nSPS) is 11.2. The van der Waals surface area contributed by atoms with E-state index in [1.165, 1.54) is 30.3 Å². The Balaban J connectivity index is 2.38. The standard InChI is InChI=1S/C14H11BrFNO3S/c1-21(19,20)13-5-3-2-4-10(13)14(18)17-12-7-6-9(15)8-11(12)16/h2-8H,1H3,(H,17,18). The number of halogens is 2. The lowest BCUT2D eigenvalue weighted by molar-refractivity contribution is 0.102. The van der Waals surface area contributed by atoms with E-state index in [0.29, 0.717) is 4.47 Å². The van der Waals surface area contributed by atoms with Gasteiger partial charge in [-0.2, -0.15) is 0 Å². The third-order valence-corrected chi connectivity index (χ3v) is 4.36. The van der Waals surface area contributed by atoms with Crippen LogP contribution in [0.3, 0.4) is 0 Å². The highest BCUT2D eigenvalue weighted by Gasteiger charge is 2.19. The van der Waals surface area contributed by atoms with Crippen LogP contribution in [0.2, 0.25) is 0 Å². The summed E-state index contributed by atoms with van der Waals surface area (Å²) in [5, 5.41) is 2.37. The van der Waals surface area contributed by atoms with E-state index < -0.39 is 21.6 Å². The molecule has 0 fully saturated rings. The number of hydrogen-bond acceptors (Lipinski definition) is 3. The average Bonchev–Trinajstić information content (AvgIpc) is 2.41. The molecule has 0 heterocycles. The zero-order chi connectivity index (χ0) is 15.6. The number of rotatable bonds is 3. The molecule has 0 saturated heterocycles. The fourth-order valence-corrected chi connectivity index (χ4v) is 2.98. The molecule has 0 aromatic heterocycles. The lowest BCUT2D eigenvalue weighted by atomic mass is 10.2. The lowest BCUT2D eigenvalue weighted by Crippen LogP contribution is -2.16. The van der Waals surface area contributed by atoms with Crippen LogP contribution in [0.25, 0.3) is 0 Å². The molecule has 0 aliphatic carbocycles. The Morgan fingerprint density at radius 2 is 1.86 bits per heavy atom. The number of benzene rings is 2. The Bertz CT molecular complexity index is 806. The number of nitrogens with one attached hydrogen (secondary N) is 1. The van der Waals surface area contributed by atoms with Crippen LogP contribution in [-0.4, -0.2) is 20.6 Å². The Morgan fingerprint density at radius 3 is 2.48 bits per heavy atom. The van der Waals surface area contributed by atoms with Crippen LogP contribution in [-0.2, 0) is 9.84 Å². The van der Waals surface area contributed by atoms with E-state index in [4.69, 9.17) is 0 Å². The van der Waals surface area contributed by atoms with Gasteiger partial charge >= 0.3 is 0 Å². The van der Waals surface area contributed by atoms with Gasteiger partial charge in [-0.1, -0.05) is 28.1 Å². The van der Waals surface area contributed by atoms with E-state index >= 15 is 0 Å². The first-order chi connectivity index (χ1) is 9.79. The minimum atomic E-state index is -3.55. The van der Waals surface area contributed by atoms with Crippen molar-refractivity contribution in [3.05, 3.63) is 58.3 Å². The third kappa shape index (κ3) is 3.68. The van der Waals surface area contributed by atoms with Crippen molar-refractivity contribution in [2.24, 2.45) is 0 Å². The van der Waals surface area contributed by atoms with Gasteiger partial charge in [0, 0.05) is 10.7 Å². The number of anilines is 1. The Kier molecular flexibility index (Phi) is 4.43. The van der Waals surface area contributed by atoms with Crippen molar-refractivity contribution < 1.29 is 17.6 Å². The molecule has 4 nitrogen and oxygen atoms in total. The molecular formula is C14H11BrFNO3S. The van der Waals surface area contributed by atoms with Crippen LogP contribution in [0.4, 0.5) is 10.1 Å². The summed E-state index contributed by atoms with van der Waals surface area (Å²) in [6.45, 7) is 0. The zero-order valence-corrected chi connectivity index (χ0v) is 13.3. The molecule has 110 valence electrons. The van der Waals surface area contributed by atoms with Gasteiger partial charge in [-0.3, -0.25) is 4.79 Å². The molecule has 0 bridgehead atoms. The van der Waals surface area contributed by atoms with Crippen molar-refractivity contribution in [1.82, 2.24) is 0 Å². The van der Waals surface area contributed by atoms with Crippen LogP contribution < -0.4 is 5.32 Å². The van der Waals surface area contributed by atoms with Gasteiger partial charge in [0.25, 0.3) is 5.91 Å². The van der Waals surface area contributed by atoms with Gasteiger partial charge < -0.3 is 5.32 Å². The fourth-order valence-electron chi connectivity index (χ4n) is 1.76. The molecule has 21 heavy (non-hydrogen) atoms. The highest BCUT2D eigenvalue weighted by atomic mass is 79.9. The van der Waals surface area contributed by atoms with Crippen molar-refractivity contribution in [2.45, 2.75) is 4.90 Å². The summed E-state index contributed by atoms with van der Waals surface area (Å²) in [6.07, 6.45) is 1.01. The number of hydrogen-bond donors (Lipinski definition) is 1. The molecule has 0 aliphatic heterocycles. The molecule has 0 aliphatic rings. The smallest absolute Gasteiger partial charge is 0.257 e. The molecule has 0 radical (unpaired) electrons. The minimum absolute atomic E-state index is 0.0218. The van der Waals surface area contributed by atoms with Crippen molar-refractivity contribution in [2.75, 3.05) is 11.6 Å². The first-order valence-electron chi connectivity index (χ1n) is 5.84. The van der Waals surface area contributed by atoms with Gasteiger partial charge in [0.05, 0.1) is 16.1 Å². The molecular weight excluding hydrogens is 361 g/mol. The first-order valence-corrected chi connectivity index (χ1v) is 8.53. The summed E-state index contributed by atoms with van der Waals surface area (Å²) in [4.78, 5) is 12.1. The van der Waals surface area contributed by atoms with E-state index in [2.05, 4.69) is 21.2 Å². The summed E-state index contributed by atoms with van der Waals surface area (Å²) < 4.78 is 37.6. The van der Waals surface area contributed by atoms with E-state index in [0.717, 1.165) is 6.26 Å². The number of amides is 1. The highest BCUT2D eigenvalue weighted by Crippen LogP contribution is 2.21. The predicted molar refractivity (Wildman–Crippen MR) is 81.6 cm³/mol. The van der Waals surface area contributed by atoms with Gasteiger partial charge in [-0.05, 0) is 30.3 Å². The van der Waals surface area contributed by atoms with E-state index in [1.54, 1.807) is 12.1 Å². The average molecular weight is 372 g/mol. The van der Waals surface area contributed by atoms with Crippen molar-refractivity contribution in [3.63, 3.8) is 0 Å². The largest absolute Gasteiger partial charge is 0.319 e. The van der Waals surface area contributed by atoms with Crippen LogP contribution in [0.5, 0.6) is 0 Å². The van der Waals surface area contributed by atoms with Gasteiger partial charge in [-0.15, -0.1) is 0 Å². The molecule has 0 saturated carbocycles. The fraction of sp³-hybridized carbons (Fsp3) is 0.0714. The Hall–Kier alpha value is -1.73. The monoisotopic (exact) mass is 371 g/mol. The second-order valence-electron chi connectivity index (χ2n) is 4.35. The van der Waals surface area contributed by atoms with Gasteiger partial charge in [-0.25, -0.2) is 12.8 Å². The van der Waals surface area contributed by atoms with Gasteiger partial charge in [0.2, 0.25) is 0 Å². The highest BCUT2D eigenvalue weighted by molar-refractivity contribution is 9.10. The molecule has 2 rings (SSSR count). The SMILES string of the molecule is CS(=O)(=O)c1ccccc1C(=O)Nc1ccc(Br)cc1F. The maximum Gasteiger partial charge on any atom is 0.257 e. The van der Waals surface area contributed by atoms with Crippen molar-refractivity contribution in [3.8, 4) is 0 Å². The maximum absolute atomic E-state index is 13.7. The molecule has 1 amide bonds. The lowest BCUT2D eigenvalue weighted by Gasteiger charge is -2.09. The summed E-state index contributed by atoms with van der Waals surface area (Å²) in [5.74, 6) is -1.30. The minimum Gasteiger partial charge on any atom is -0.319 e. The number of carbonyl (C=O) groups excluding carboxylic acids is 1. The Morgan fingerprint density at radius 1 is 1.19 bits per heavy atom. The zero-order valence-electron chi connectivity index (χ0n) is 10.9. The summed E-state index contributed by atoms with van der Waals surface area (Å²) in [6, 6.07) is 9.94. The third-order valence-electron chi connectivity index (χ3n) is 2.71. The van der Waals surface area contributed by atoms with E-state index in [9.17, 15) is 17.6 Å². The summed E-state index contributed by atoms with van der Waals surface area (Å²) >= 11 is 3.11. The van der Waals surface area contributed by atoms with Crippen LogP contribution in [0.1, 0.15) is 10.4 Å². The number of carbonyl (C=O) groups is 1. The molecule has 0 unspecified atom stereocenters. The van der Waals surface area contributed by atoms with Crippen LogP contribution >= 0.6 is 15.9 Å². The van der Waals surface area contributed by atoms with Crippen LogP contribution in [0, 0.1) is 5.82 Å².